The van der Waals surface area contributed by atoms with Gasteiger partial charge in [0.1, 0.15) is 5.75 Å². The second-order valence-electron chi connectivity index (χ2n) is 8.75. The number of hydrogen-bond donors (Lipinski definition) is 0. The molecule has 0 saturated carbocycles. The summed E-state index contributed by atoms with van der Waals surface area (Å²) in [4.78, 5) is 0. The lowest BCUT2D eigenvalue weighted by Crippen LogP contribution is -2.41. The predicted molar refractivity (Wildman–Crippen MR) is 102 cm³/mol. The van der Waals surface area contributed by atoms with Gasteiger partial charge in [-0.25, -0.2) is 0 Å². The SMILES string of the molecule is COc1ccc2c(c1)CCC1CCC(B3OC(C)(C)C(C)(C)O3)C=C21. The van der Waals surface area contributed by atoms with Crippen molar-refractivity contribution in [2.75, 3.05) is 7.11 Å². The van der Waals surface area contributed by atoms with Gasteiger partial charge in [0.2, 0.25) is 0 Å². The maximum absolute atomic E-state index is 6.32. The number of hydrogen-bond acceptors (Lipinski definition) is 3. The van der Waals surface area contributed by atoms with Crippen molar-refractivity contribution in [2.45, 2.75) is 70.4 Å². The molecule has 0 N–H and O–H groups in total. The smallest absolute Gasteiger partial charge is 0.465 e. The van der Waals surface area contributed by atoms with Crippen LogP contribution in [0.1, 0.15) is 58.1 Å². The van der Waals surface area contributed by atoms with Crippen LogP contribution in [0, 0.1) is 5.92 Å². The van der Waals surface area contributed by atoms with E-state index in [1.807, 2.05) is 0 Å². The number of methoxy groups -OCH3 is 1. The lowest BCUT2D eigenvalue weighted by molar-refractivity contribution is 0.00578. The molecule has 0 amide bonds. The molecule has 1 heterocycles. The zero-order valence-electron chi connectivity index (χ0n) is 16.1. The van der Waals surface area contributed by atoms with E-state index in [-0.39, 0.29) is 18.3 Å². The minimum absolute atomic E-state index is 0.137. The maximum atomic E-state index is 6.32. The summed E-state index contributed by atoms with van der Waals surface area (Å²) in [5.41, 5.74) is 3.79. The molecule has 1 saturated heterocycles. The van der Waals surface area contributed by atoms with Gasteiger partial charge in [-0.1, -0.05) is 12.1 Å². The Bertz CT molecular complexity index is 691. The van der Waals surface area contributed by atoms with Gasteiger partial charge in [-0.2, -0.15) is 0 Å². The third-order valence-corrected chi connectivity index (χ3v) is 6.69. The third kappa shape index (κ3) is 2.84. The van der Waals surface area contributed by atoms with E-state index in [2.05, 4.69) is 52.0 Å². The number of ether oxygens (including phenoxy) is 1. The van der Waals surface area contributed by atoms with E-state index in [1.165, 1.54) is 29.5 Å². The quantitative estimate of drug-likeness (QED) is 0.717. The topological polar surface area (TPSA) is 27.7 Å². The number of fused-ring (bicyclic) bond motifs is 3. The molecule has 1 aromatic carbocycles. The Morgan fingerprint density at radius 2 is 1.76 bits per heavy atom. The molecule has 2 atom stereocenters. The van der Waals surface area contributed by atoms with E-state index >= 15 is 0 Å². The first-order chi connectivity index (χ1) is 11.8. The molecule has 3 aliphatic rings. The van der Waals surface area contributed by atoms with Crippen molar-refractivity contribution < 1.29 is 14.0 Å². The first-order valence-electron chi connectivity index (χ1n) is 9.55. The van der Waals surface area contributed by atoms with E-state index in [4.69, 9.17) is 14.0 Å². The molecule has 0 radical (unpaired) electrons. The summed E-state index contributed by atoms with van der Waals surface area (Å²) in [6, 6.07) is 6.52. The van der Waals surface area contributed by atoms with Crippen LogP contribution in [0.5, 0.6) is 5.75 Å². The molecule has 2 unspecified atom stereocenters. The number of benzene rings is 1. The van der Waals surface area contributed by atoms with Crippen molar-refractivity contribution in [3.8, 4) is 5.75 Å². The monoisotopic (exact) mass is 340 g/mol. The normalized spacial score (nSPS) is 29.6. The average molecular weight is 340 g/mol. The molecule has 25 heavy (non-hydrogen) atoms. The zero-order valence-corrected chi connectivity index (χ0v) is 16.1. The fraction of sp³-hybridized carbons (Fsp3) is 0.619. The van der Waals surface area contributed by atoms with E-state index in [1.54, 1.807) is 7.11 Å². The number of allylic oxidation sites excluding steroid dienone is 2. The highest BCUT2D eigenvalue weighted by molar-refractivity contribution is 6.48. The first-order valence-corrected chi connectivity index (χ1v) is 9.55. The third-order valence-electron chi connectivity index (χ3n) is 6.69. The summed E-state index contributed by atoms with van der Waals surface area (Å²) >= 11 is 0. The van der Waals surface area contributed by atoms with Crippen LogP contribution in [0.4, 0.5) is 0 Å². The van der Waals surface area contributed by atoms with Gasteiger partial charge >= 0.3 is 7.12 Å². The van der Waals surface area contributed by atoms with E-state index in [0.29, 0.717) is 11.7 Å². The molecule has 1 fully saturated rings. The van der Waals surface area contributed by atoms with Gasteiger partial charge in [0.05, 0.1) is 18.3 Å². The summed E-state index contributed by atoms with van der Waals surface area (Å²) in [5, 5.41) is 0. The highest BCUT2D eigenvalue weighted by Gasteiger charge is 2.53. The molecule has 134 valence electrons. The van der Waals surface area contributed by atoms with E-state index < -0.39 is 0 Å². The van der Waals surface area contributed by atoms with Gasteiger partial charge in [0.15, 0.2) is 0 Å². The predicted octanol–water partition coefficient (Wildman–Crippen LogP) is 4.90. The van der Waals surface area contributed by atoms with Crippen molar-refractivity contribution in [1.82, 2.24) is 0 Å². The van der Waals surface area contributed by atoms with Crippen LogP contribution >= 0.6 is 0 Å². The van der Waals surface area contributed by atoms with E-state index in [9.17, 15) is 0 Å². The summed E-state index contributed by atoms with van der Waals surface area (Å²) < 4.78 is 18.0. The van der Waals surface area contributed by atoms with Crippen LogP contribution in [-0.2, 0) is 15.7 Å². The van der Waals surface area contributed by atoms with Crippen LogP contribution in [0.2, 0.25) is 5.82 Å². The number of rotatable bonds is 2. The minimum Gasteiger partial charge on any atom is -0.497 e. The Morgan fingerprint density at radius 3 is 2.44 bits per heavy atom. The van der Waals surface area contributed by atoms with Crippen LogP contribution in [0.3, 0.4) is 0 Å². The Hall–Kier alpha value is -1.26. The van der Waals surface area contributed by atoms with Gasteiger partial charge in [0.25, 0.3) is 0 Å². The second kappa shape index (κ2) is 5.89. The fourth-order valence-electron chi connectivity index (χ4n) is 4.40. The van der Waals surface area contributed by atoms with Gasteiger partial charge < -0.3 is 14.0 Å². The van der Waals surface area contributed by atoms with Gasteiger partial charge in [-0.05, 0) is 88.1 Å². The van der Waals surface area contributed by atoms with Crippen LogP contribution < -0.4 is 4.74 Å². The van der Waals surface area contributed by atoms with Crippen molar-refractivity contribution in [3.05, 3.63) is 35.4 Å². The highest BCUT2D eigenvalue weighted by atomic mass is 16.7. The Balaban J connectivity index is 1.64. The van der Waals surface area contributed by atoms with Gasteiger partial charge in [0, 0.05) is 5.82 Å². The Morgan fingerprint density at radius 1 is 1.04 bits per heavy atom. The zero-order chi connectivity index (χ0) is 17.8. The van der Waals surface area contributed by atoms with Gasteiger partial charge in [-0.3, -0.25) is 0 Å². The Labute approximate surface area is 151 Å². The van der Waals surface area contributed by atoms with Crippen molar-refractivity contribution in [2.24, 2.45) is 5.92 Å². The highest BCUT2D eigenvalue weighted by Crippen LogP contribution is 2.48. The Kier molecular flexibility index (Phi) is 4.04. The summed E-state index contributed by atoms with van der Waals surface area (Å²) in [5.74, 6) is 1.97. The molecule has 1 aliphatic heterocycles. The van der Waals surface area contributed by atoms with Crippen molar-refractivity contribution in [3.63, 3.8) is 0 Å². The minimum atomic E-state index is -0.259. The average Bonchev–Trinajstić information content (AvgIpc) is 2.81. The molecule has 1 aromatic rings. The van der Waals surface area contributed by atoms with Crippen LogP contribution in [0.15, 0.2) is 24.3 Å². The van der Waals surface area contributed by atoms with Crippen molar-refractivity contribution >= 4 is 12.7 Å². The molecule has 2 aliphatic carbocycles. The van der Waals surface area contributed by atoms with Gasteiger partial charge in [-0.15, -0.1) is 0 Å². The largest absolute Gasteiger partial charge is 0.497 e. The molecule has 0 bridgehead atoms. The molecular formula is C21H29BO3. The lowest BCUT2D eigenvalue weighted by atomic mass is 9.61. The fourth-order valence-corrected chi connectivity index (χ4v) is 4.40. The van der Waals surface area contributed by atoms with E-state index in [0.717, 1.165) is 18.6 Å². The second-order valence-corrected chi connectivity index (χ2v) is 8.75. The molecule has 4 rings (SSSR count). The van der Waals surface area contributed by atoms with Crippen molar-refractivity contribution in [1.29, 1.82) is 0 Å². The van der Waals surface area contributed by atoms with Crippen LogP contribution in [-0.4, -0.2) is 25.4 Å². The summed E-state index contributed by atoms with van der Waals surface area (Å²) in [7, 11) is 1.60. The standard InChI is InChI=1S/C21H29BO3/c1-20(2)21(3,4)25-22(24-20)16-9-8-14-6-7-15-12-17(23-5)10-11-18(15)19(14)13-16/h10-14,16H,6-9H2,1-5H3. The lowest BCUT2D eigenvalue weighted by Gasteiger charge is -2.34. The number of aryl methyl sites for hydroxylation is 1. The molecule has 0 spiro atoms. The molecular weight excluding hydrogens is 311 g/mol. The maximum Gasteiger partial charge on any atom is 0.465 e. The van der Waals surface area contributed by atoms with Crippen LogP contribution in [0.25, 0.3) is 5.57 Å². The molecule has 0 aromatic heterocycles. The molecule has 3 nitrogen and oxygen atoms in total. The summed E-state index contributed by atoms with van der Waals surface area (Å²) in [6.45, 7) is 8.53. The first kappa shape index (κ1) is 17.2. The summed E-state index contributed by atoms with van der Waals surface area (Å²) in [6.07, 6.45) is 7.21. The molecule has 4 heteroatoms.